The number of nitrogens with two attached hydrogens (primary N) is 1. The van der Waals surface area contributed by atoms with Gasteiger partial charge < -0.3 is 15.1 Å². The van der Waals surface area contributed by atoms with E-state index in [1.807, 2.05) is 13.8 Å². The zero-order valence-corrected chi connectivity index (χ0v) is 13.8. The van der Waals surface area contributed by atoms with Crippen molar-refractivity contribution in [3.63, 3.8) is 0 Å². The number of rotatable bonds is 7. The van der Waals surface area contributed by atoms with Gasteiger partial charge in [-0.05, 0) is 38.1 Å². The summed E-state index contributed by atoms with van der Waals surface area (Å²) in [4.78, 5) is 24.7. The van der Waals surface area contributed by atoms with Gasteiger partial charge in [0.1, 0.15) is 17.3 Å². The zero-order chi connectivity index (χ0) is 17.7. The quantitative estimate of drug-likeness (QED) is 0.847. The SMILES string of the molecule is CC(C)N(CC(N)=O)C(=O)CCc1ccc(-c2ccccc2F)o1. The fourth-order valence-corrected chi connectivity index (χ4v) is 2.42. The Morgan fingerprint density at radius 1 is 1.21 bits per heavy atom. The van der Waals surface area contributed by atoms with Gasteiger partial charge in [-0.3, -0.25) is 9.59 Å². The molecule has 0 bridgehead atoms. The maximum absolute atomic E-state index is 13.8. The van der Waals surface area contributed by atoms with Gasteiger partial charge in [0.2, 0.25) is 11.8 Å². The van der Waals surface area contributed by atoms with Gasteiger partial charge in [-0.15, -0.1) is 0 Å². The van der Waals surface area contributed by atoms with Crippen molar-refractivity contribution in [2.45, 2.75) is 32.7 Å². The number of halogens is 1. The molecule has 0 radical (unpaired) electrons. The maximum atomic E-state index is 13.8. The van der Waals surface area contributed by atoms with Gasteiger partial charge in [-0.1, -0.05) is 12.1 Å². The highest BCUT2D eigenvalue weighted by atomic mass is 19.1. The van der Waals surface area contributed by atoms with Gasteiger partial charge in [0, 0.05) is 18.9 Å². The molecule has 2 N–H and O–H groups in total. The number of hydrogen-bond donors (Lipinski definition) is 1. The van der Waals surface area contributed by atoms with E-state index in [2.05, 4.69) is 0 Å². The Hall–Kier alpha value is -2.63. The van der Waals surface area contributed by atoms with E-state index in [0.717, 1.165) is 0 Å². The number of nitrogens with zero attached hydrogens (tertiary/aromatic N) is 1. The average molecular weight is 332 g/mol. The van der Waals surface area contributed by atoms with Crippen molar-refractivity contribution in [2.24, 2.45) is 5.73 Å². The van der Waals surface area contributed by atoms with Crippen LogP contribution in [0.2, 0.25) is 0 Å². The Bertz CT molecular complexity index is 725. The molecule has 0 aliphatic heterocycles. The van der Waals surface area contributed by atoms with Crippen LogP contribution < -0.4 is 5.73 Å². The van der Waals surface area contributed by atoms with Gasteiger partial charge in [0.25, 0.3) is 0 Å². The summed E-state index contributed by atoms with van der Waals surface area (Å²) < 4.78 is 19.4. The van der Waals surface area contributed by atoms with E-state index in [1.165, 1.54) is 11.0 Å². The number of primary amides is 1. The smallest absolute Gasteiger partial charge is 0.237 e. The van der Waals surface area contributed by atoms with Gasteiger partial charge in [0.15, 0.2) is 0 Å². The number of carbonyl (C=O) groups is 2. The van der Waals surface area contributed by atoms with Crippen LogP contribution in [0.3, 0.4) is 0 Å². The molecule has 1 aromatic carbocycles. The number of benzene rings is 1. The maximum Gasteiger partial charge on any atom is 0.237 e. The van der Waals surface area contributed by atoms with E-state index < -0.39 is 5.91 Å². The van der Waals surface area contributed by atoms with Crippen LogP contribution in [0.15, 0.2) is 40.8 Å². The molecule has 24 heavy (non-hydrogen) atoms. The first-order valence-corrected chi connectivity index (χ1v) is 7.80. The molecule has 5 nitrogen and oxygen atoms in total. The highest BCUT2D eigenvalue weighted by molar-refractivity contribution is 5.84. The summed E-state index contributed by atoms with van der Waals surface area (Å²) in [6.45, 7) is 3.54. The summed E-state index contributed by atoms with van der Waals surface area (Å²) in [5.74, 6) is -0.0655. The first-order valence-electron chi connectivity index (χ1n) is 7.80. The standard InChI is InChI=1S/C18H21FN2O3/c1-12(2)21(11-17(20)22)18(23)10-8-13-7-9-16(24-13)14-5-3-4-6-15(14)19/h3-7,9,12H,8,10-11H2,1-2H3,(H2,20,22). The molecule has 0 spiro atoms. The third kappa shape index (κ3) is 4.44. The lowest BCUT2D eigenvalue weighted by atomic mass is 10.1. The lowest BCUT2D eigenvalue weighted by molar-refractivity contribution is -0.136. The van der Waals surface area contributed by atoms with Crippen molar-refractivity contribution in [2.75, 3.05) is 6.54 Å². The van der Waals surface area contributed by atoms with Crippen LogP contribution in [0.5, 0.6) is 0 Å². The minimum atomic E-state index is -0.545. The van der Waals surface area contributed by atoms with Crippen molar-refractivity contribution in [1.29, 1.82) is 0 Å². The van der Waals surface area contributed by atoms with E-state index in [0.29, 0.717) is 23.5 Å². The van der Waals surface area contributed by atoms with Crippen molar-refractivity contribution < 1.29 is 18.4 Å². The second kappa shape index (κ2) is 7.77. The summed E-state index contributed by atoms with van der Waals surface area (Å²) in [5, 5.41) is 0. The number of carbonyl (C=O) groups excluding carboxylic acids is 2. The first-order chi connectivity index (χ1) is 11.4. The van der Waals surface area contributed by atoms with Crippen molar-refractivity contribution in [3.05, 3.63) is 48.0 Å². The Kier molecular flexibility index (Phi) is 5.73. The van der Waals surface area contributed by atoms with Crippen LogP contribution >= 0.6 is 0 Å². The molecule has 6 heteroatoms. The first kappa shape index (κ1) is 17.7. The Morgan fingerprint density at radius 3 is 2.54 bits per heavy atom. The third-order valence-corrected chi connectivity index (χ3v) is 3.66. The Balaban J connectivity index is 2.01. The Labute approximate surface area is 140 Å². The lowest BCUT2D eigenvalue weighted by Gasteiger charge is -2.25. The minimum Gasteiger partial charge on any atom is -0.461 e. The molecular weight excluding hydrogens is 311 g/mol. The molecule has 2 aromatic rings. The van der Waals surface area contributed by atoms with Crippen LogP contribution in [0, 0.1) is 5.82 Å². The van der Waals surface area contributed by atoms with E-state index in [4.69, 9.17) is 10.2 Å². The molecule has 0 unspecified atom stereocenters. The van der Waals surface area contributed by atoms with Gasteiger partial charge in [-0.2, -0.15) is 0 Å². The van der Waals surface area contributed by atoms with E-state index >= 15 is 0 Å². The van der Waals surface area contributed by atoms with Gasteiger partial charge >= 0.3 is 0 Å². The second-order valence-electron chi connectivity index (χ2n) is 5.83. The summed E-state index contributed by atoms with van der Waals surface area (Å²) in [5.41, 5.74) is 5.55. The topological polar surface area (TPSA) is 76.5 Å². The lowest BCUT2D eigenvalue weighted by Crippen LogP contribution is -2.42. The fourth-order valence-electron chi connectivity index (χ4n) is 2.42. The average Bonchev–Trinajstić information content (AvgIpc) is 2.99. The highest BCUT2D eigenvalue weighted by Gasteiger charge is 2.19. The van der Waals surface area contributed by atoms with Gasteiger partial charge in [0.05, 0.1) is 12.1 Å². The van der Waals surface area contributed by atoms with E-state index in [-0.39, 0.29) is 30.7 Å². The number of amides is 2. The van der Waals surface area contributed by atoms with Crippen molar-refractivity contribution in [1.82, 2.24) is 4.90 Å². The minimum absolute atomic E-state index is 0.102. The largest absolute Gasteiger partial charge is 0.461 e. The molecule has 2 amide bonds. The molecule has 0 aliphatic rings. The number of aryl methyl sites for hydroxylation is 1. The molecule has 0 atom stereocenters. The molecule has 1 heterocycles. The molecule has 0 aliphatic carbocycles. The second-order valence-corrected chi connectivity index (χ2v) is 5.83. The normalized spacial score (nSPS) is 10.8. The van der Waals surface area contributed by atoms with Crippen molar-refractivity contribution in [3.8, 4) is 11.3 Å². The van der Waals surface area contributed by atoms with Crippen LogP contribution in [-0.2, 0) is 16.0 Å². The molecule has 2 rings (SSSR count). The Morgan fingerprint density at radius 2 is 1.92 bits per heavy atom. The monoisotopic (exact) mass is 332 g/mol. The summed E-state index contributed by atoms with van der Waals surface area (Å²) in [6.07, 6.45) is 0.560. The summed E-state index contributed by atoms with van der Waals surface area (Å²) >= 11 is 0. The van der Waals surface area contributed by atoms with Crippen LogP contribution in [0.4, 0.5) is 4.39 Å². The molecule has 1 aromatic heterocycles. The number of hydrogen-bond acceptors (Lipinski definition) is 3. The predicted molar refractivity (Wildman–Crippen MR) is 88.5 cm³/mol. The third-order valence-electron chi connectivity index (χ3n) is 3.66. The predicted octanol–water partition coefficient (Wildman–Crippen LogP) is 2.74. The molecule has 128 valence electrons. The van der Waals surface area contributed by atoms with Crippen LogP contribution in [-0.4, -0.2) is 29.3 Å². The van der Waals surface area contributed by atoms with Crippen LogP contribution in [0.25, 0.3) is 11.3 Å². The highest BCUT2D eigenvalue weighted by Crippen LogP contribution is 2.25. The van der Waals surface area contributed by atoms with E-state index in [9.17, 15) is 14.0 Å². The van der Waals surface area contributed by atoms with Crippen molar-refractivity contribution >= 4 is 11.8 Å². The summed E-state index contributed by atoms with van der Waals surface area (Å²) in [7, 11) is 0. The van der Waals surface area contributed by atoms with Crippen LogP contribution in [0.1, 0.15) is 26.0 Å². The zero-order valence-electron chi connectivity index (χ0n) is 13.8. The summed E-state index contributed by atoms with van der Waals surface area (Å²) in [6, 6.07) is 9.64. The van der Waals surface area contributed by atoms with E-state index in [1.54, 1.807) is 30.3 Å². The number of furan rings is 1. The fraction of sp³-hybridized carbons (Fsp3) is 0.333. The molecule has 0 saturated carbocycles. The molecule has 0 fully saturated rings. The van der Waals surface area contributed by atoms with Gasteiger partial charge in [-0.25, -0.2) is 4.39 Å². The molecule has 0 saturated heterocycles. The molecular formula is C18H21FN2O3.